The summed E-state index contributed by atoms with van der Waals surface area (Å²) < 4.78 is 10.6. The summed E-state index contributed by atoms with van der Waals surface area (Å²) in [6.45, 7) is 0. The van der Waals surface area contributed by atoms with E-state index in [2.05, 4.69) is 14.7 Å². The summed E-state index contributed by atoms with van der Waals surface area (Å²) in [6.07, 6.45) is 6.67. The molecule has 2 aromatic rings. The van der Waals surface area contributed by atoms with Crippen molar-refractivity contribution in [2.75, 3.05) is 7.11 Å². The molecule has 1 aliphatic carbocycles. The molecule has 22 heavy (non-hydrogen) atoms. The van der Waals surface area contributed by atoms with Gasteiger partial charge in [0.2, 0.25) is 5.82 Å². The Morgan fingerprint density at radius 1 is 1.14 bits per heavy atom. The van der Waals surface area contributed by atoms with Crippen LogP contribution in [-0.2, 0) is 4.74 Å². The number of hydrogen-bond acceptors (Lipinski definition) is 5. The van der Waals surface area contributed by atoms with Crippen molar-refractivity contribution in [3.8, 4) is 17.0 Å². The van der Waals surface area contributed by atoms with Crippen molar-refractivity contribution in [1.82, 2.24) is 9.97 Å². The fraction of sp³-hybridized carbons (Fsp3) is 0.353. The fourth-order valence-electron chi connectivity index (χ4n) is 2.61. The van der Waals surface area contributed by atoms with Gasteiger partial charge in [-0.05, 0) is 56.0 Å². The number of methoxy groups -OCH3 is 1. The van der Waals surface area contributed by atoms with E-state index in [0.717, 1.165) is 24.2 Å². The Bertz CT molecular complexity index is 649. The summed E-state index contributed by atoms with van der Waals surface area (Å²) in [7, 11) is 1.31. The van der Waals surface area contributed by atoms with Gasteiger partial charge in [0, 0.05) is 11.8 Å². The Hall–Kier alpha value is -2.43. The van der Waals surface area contributed by atoms with Gasteiger partial charge in [-0.25, -0.2) is 14.8 Å². The lowest BCUT2D eigenvalue weighted by Gasteiger charge is -2.13. The van der Waals surface area contributed by atoms with Gasteiger partial charge in [0.05, 0.1) is 18.9 Å². The average Bonchev–Trinajstić information content (AvgIpc) is 3.08. The molecule has 0 bridgehead atoms. The maximum Gasteiger partial charge on any atom is 0.376 e. The lowest BCUT2D eigenvalue weighted by atomic mass is 10.1. The number of esters is 1. The highest BCUT2D eigenvalue weighted by atomic mass is 16.5. The van der Waals surface area contributed by atoms with E-state index >= 15 is 0 Å². The standard InChI is InChI=1S/C17H18N2O3/c1-21-17(20)16-18-11-10-15(19-16)12-6-8-14(9-7-12)22-13-4-2-3-5-13/h6-11,13H,2-5H2,1H3. The molecule has 0 spiro atoms. The highest BCUT2D eigenvalue weighted by Crippen LogP contribution is 2.26. The first kappa shape index (κ1) is 14.5. The molecule has 0 amide bonds. The molecule has 1 heterocycles. The highest BCUT2D eigenvalue weighted by Gasteiger charge is 2.16. The summed E-state index contributed by atoms with van der Waals surface area (Å²) in [5.74, 6) is 0.396. The zero-order valence-electron chi connectivity index (χ0n) is 12.5. The van der Waals surface area contributed by atoms with Gasteiger partial charge in [-0.15, -0.1) is 0 Å². The molecule has 1 saturated carbocycles. The summed E-state index contributed by atoms with van der Waals surface area (Å²) >= 11 is 0. The second-order valence-electron chi connectivity index (χ2n) is 5.31. The van der Waals surface area contributed by atoms with Gasteiger partial charge in [-0.3, -0.25) is 0 Å². The first-order valence-corrected chi connectivity index (χ1v) is 7.45. The molecule has 0 radical (unpaired) electrons. The first-order valence-electron chi connectivity index (χ1n) is 7.45. The van der Waals surface area contributed by atoms with E-state index in [-0.39, 0.29) is 5.82 Å². The molecule has 0 N–H and O–H groups in total. The van der Waals surface area contributed by atoms with Crippen molar-refractivity contribution in [1.29, 1.82) is 0 Å². The second-order valence-corrected chi connectivity index (χ2v) is 5.31. The SMILES string of the molecule is COC(=O)c1nccc(-c2ccc(OC3CCCC3)cc2)n1. The molecule has 0 unspecified atom stereocenters. The molecule has 1 aromatic carbocycles. The summed E-state index contributed by atoms with van der Waals surface area (Å²) in [5, 5.41) is 0. The van der Waals surface area contributed by atoms with Crippen molar-refractivity contribution in [2.24, 2.45) is 0 Å². The number of ether oxygens (including phenoxy) is 2. The molecule has 114 valence electrons. The smallest absolute Gasteiger partial charge is 0.376 e. The van der Waals surface area contributed by atoms with Gasteiger partial charge in [-0.2, -0.15) is 0 Å². The van der Waals surface area contributed by atoms with E-state index in [1.165, 1.54) is 20.0 Å². The number of carbonyl (C=O) groups is 1. The lowest BCUT2D eigenvalue weighted by Crippen LogP contribution is -2.10. The van der Waals surface area contributed by atoms with Crippen LogP contribution in [0.1, 0.15) is 36.3 Å². The number of hydrogen-bond donors (Lipinski definition) is 0. The van der Waals surface area contributed by atoms with Gasteiger partial charge < -0.3 is 9.47 Å². The summed E-state index contributed by atoms with van der Waals surface area (Å²) in [5.41, 5.74) is 1.59. The van der Waals surface area contributed by atoms with Gasteiger partial charge in [-0.1, -0.05) is 0 Å². The third-order valence-corrected chi connectivity index (χ3v) is 3.78. The second kappa shape index (κ2) is 6.56. The lowest BCUT2D eigenvalue weighted by molar-refractivity contribution is 0.0587. The van der Waals surface area contributed by atoms with Crippen molar-refractivity contribution in [2.45, 2.75) is 31.8 Å². The van der Waals surface area contributed by atoms with E-state index in [9.17, 15) is 4.79 Å². The number of benzene rings is 1. The number of aromatic nitrogens is 2. The molecule has 5 heteroatoms. The van der Waals surface area contributed by atoms with Crippen molar-refractivity contribution in [3.05, 3.63) is 42.4 Å². The van der Waals surface area contributed by atoms with E-state index in [1.54, 1.807) is 12.3 Å². The van der Waals surface area contributed by atoms with Crippen molar-refractivity contribution in [3.63, 3.8) is 0 Å². The minimum absolute atomic E-state index is 0.0614. The monoisotopic (exact) mass is 298 g/mol. The number of nitrogens with zero attached hydrogens (tertiary/aromatic N) is 2. The van der Waals surface area contributed by atoms with Crippen LogP contribution in [0, 0.1) is 0 Å². The van der Waals surface area contributed by atoms with Gasteiger partial charge in [0.25, 0.3) is 0 Å². The molecular weight excluding hydrogens is 280 g/mol. The third-order valence-electron chi connectivity index (χ3n) is 3.78. The van der Waals surface area contributed by atoms with Crippen LogP contribution in [0.4, 0.5) is 0 Å². The predicted molar refractivity (Wildman–Crippen MR) is 81.7 cm³/mol. The maximum atomic E-state index is 11.5. The number of carbonyl (C=O) groups excluding carboxylic acids is 1. The van der Waals surface area contributed by atoms with Crippen LogP contribution in [0.2, 0.25) is 0 Å². The van der Waals surface area contributed by atoms with Crippen LogP contribution in [0.5, 0.6) is 5.75 Å². The van der Waals surface area contributed by atoms with Gasteiger partial charge >= 0.3 is 5.97 Å². The Morgan fingerprint density at radius 2 is 1.86 bits per heavy atom. The van der Waals surface area contributed by atoms with Crippen LogP contribution in [0.15, 0.2) is 36.5 Å². The largest absolute Gasteiger partial charge is 0.490 e. The molecule has 0 atom stereocenters. The van der Waals surface area contributed by atoms with Crippen LogP contribution >= 0.6 is 0 Å². The van der Waals surface area contributed by atoms with Crippen molar-refractivity contribution >= 4 is 5.97 Å². The van der Waals surface area contributed by atoms with Gasteiger partial charge in [0.15, 0.2) is 0 Å². The third kappa shape index (κ3) is 3.24. The van der Waals surface area contributed by atoms with E-state index in [0.29, 0.717) is 11.8 Å². The Kier molecular flexibility index (Phi) is 4.32. The quantitative estimate of drug-likeness (QED) is 0.811. The predicted octanol–water partition coefficient (Wildman–Crippen LogP) is 3.25. The van der Waals surface area contributed by atoms with Crippen molar-refractivity contribution < 1.29 is 14.3 Å². The van der Waals surface area contributed by atoms with E-state index < -0.39 is 5.97 Å². The minimum Gasteiger partial charge on any atom is -0.490 e. The zero-order valence-corrected chi connectivity index (χ0v) is 12.5. The topological polar surface area (TPSA) is 61.3 Å². The molecular formula is C17H18N2O3. The molecule has 3 rings (SSSR count). The van der Waals surface area contributed by atoms with Crippen LogP contribution in [0.3, 0.4) is 0 Å². The molecule has 0 saturated heterocycles. The Balaban J connectivity index is 1.76. The molecule has 1 aliphatic rings. The molecule has 5 nitrogen and oxygen atoms in total. The van der Waals surface area contributed by atoms with Gasteiger partial charge in [0.1, 0.15) is 5.75 Å². The maximum absolute atomic E-state index is 11.5. The highest BCUT2D eigenvalue weighted by molar-refractivity contribution is 5.85. The number of rotatable bonds is 4. The van der Waals surface area contributed by atoms with Crippen LogP contribution < -0.4 is 4.74 Å². The first-order chi connectivity index (χ1) is 10.8. The molecule has 1 fully saturated rings. The summed E-state index contributed by atoms with van der Waals surface area (Å²) in [6, 6.07) is 9.52. The minimum atomic E-state index is -0.539. The Morgan fingerprint density at radius 3 is 2.55 bits per heavy atom. The molecule has 0 aliphatic heterocycles. The van der Waals surface area contributed by atoms with E-state index in [4.69, 9.17) is 4.74 Å². The normalized spacial score (nSPS) is 14.8. The zero-order chi connectivity index (χ0) is 15.4. The average molecular weight is 298 g/mol. The Labute approximate surface area is 129 Å². The van der Waals surface area contributed by atoms with E-state index in [1.807, 2.05) is 24.3 Å². The molecule has 1 aromatic heterocycles. The van der Waals surface area contributed by atoms with Crippen LogP contribution in [0.25, 0.3) is 11.3 Å². The fourth-order valence-corrected chi connectivity index (χ4v) is 2.61. The summed E-state index contributed by atoms with van der Waals surface area (Å²) in [4.78, 5) is 19.6. The van der Waals surface area contributed by atoms with Crippen LogP contribution in [-0.4, -0.2) is 29.2 Å².